The molecule has 0 spiro atoms. The normalized spacial score (nSPS) is 17.2. The van der Waals surface area contributed by atoms with Gasteiger partial charge in [-0.3, -0.25) is 4.79 Å². The van der Waals surface area contributed by atoms with E-state index in [0.29, 0.717) is 6.54 Å². The van der Waals surface area contributed by atoms with Gasteiger partial charge in [-0.1, -0.05) is 0 Å². The van der Waals surface area contributed by atoms with E-state index in [9.17, 15) is 14.0 Å². The van der Waals surface area contributed by atoms with Gasteiger partial charge in [-0.25, -0.2) is 14.2 Å². The summed E-state index contributed by atoms with van der Waals surface area (Å²) < 4.78 is 13.0. The number of carbonyl (C=O) groups is 2. The Morgan fingerprint density at radius 2 is 2.12 bits per heavy atom. The number of likely N-dealkylation sites (tertiary alicyclic amines) is 1. The fourth-order valence-corrected chi connectivity index (χ4v) is 3.92. The highest BCUT2D eigenvalue weighted by Crippen LogP contribution is 2.35. The lowest BCUT2D eigenvalue weighted by atomic mass is 10.0. The Morgan fingerprint density at radius 1 is 1.38 bits per heavy atom. The smallest absolute Gasteiger partial charge is 0.335 e. The van der Waals surface area contributed by atoms with E-state index in [-0.39, 0.29) is 28.6 Å². The SMILES string of the molecule is Cc1csc(C2CCCN2C(=O)c2cc(CF)cc(C(=O)O)c2)n1. The molecule has 2 aromatic rings. The van der Waals surface area contributed by atoms with Crippen molar-refractivity contribution in [2.45, 2.75) is 32.5 Å². The lowest BCUT2D eigenvalue weighted by molar-refractivity contribution is 0.0696. The first-order valence-electron chi connectivity index (χ1n) is 7.66. The quantitative estimate of drug-likeness (QED) is 0.916. The maximum Gasteiger partial charge on any atom is 0.335 e. The number of aromatic carboxylic acids is 1. The van der Waals surface area contributed by atoms with E-state index in [1.165, 1.54) is 29.5 Å². The minimum Gasteiger partial charge on any atom is -0.478 e. The molecule has 1 aromatic carbocycles. The molecule has 7 heteroatoms. The Hall–Kier alpha value is -2.28. The molecule has 24 heavy (non-hydrogen) atoms. The second-order valence-electron chi connectivity index (χ2n) is 5.84. The van der Waals surface area contributed by atoms with Crippen molar-refractivity contribution in [3.8, 4) is 0 Å². The van der Waals surface area contributed by atoms with Crippen molar-refractivity contribution in [3.05, 3.63) is 51.0 Å². The first-order valence-corrected chi connectivity index (χ1v) is 8.54. The summed E-state index contributed by atoms with van der Waals surface area (Å²) in [5.74, 6) is -1.45. The lowest BCUT2D eigenvalue weighted by Gasteiger charge is -2.23. The number of rotatable bonds is 4. The van der Waals surface area contributed by atoms with Crippen LogP contribution in [0.5, 0.6) is 0 Å². The van der Waals surface area contributed by atoms with Gasteiger partial charge < -0.3 is 10.0 Å². The number of carbonyl (C=O) groups excluding carboxylic acids is 1. The zero-order valence-electron chi connectivity index (χ0n) is 13.2. The van der Waals surface area contributed by atoms with E-state index in [1.807, 2.05) is 12.3 Å². The molecular weight excluding hydrogens is 331 g/mol. The first-order chi connectivity index (χ1) is 11.5. The third-order valence-electron chi connectivity index (χ3n) is 4.08. The highest BCUT2D eigenvalue weighted by molar-refractivity contribution is 7.09. The van der Waals surface area contributed by atoms with Gasteiger partial charge in [0, 0.05) is 23.2 Å². The number of carboxylic acid groups (broad SMARTS) is 1. The summed E-state index contributed by atoms with van der Waals surface area (Å²) in [5, 5.41) is 12.0. The van der Waals surface area contributed by atoms with Crippen LogP contribution in [0.25, 0.3) is 0 Å². The molecule has 1 aliphatic rings. The van der Waals surface area contributed by atoms with Gasteiger partial charge in [0.05, 0.1) is 11.6 Å². The van der Waals surface area contributed by atoms with E-state index in [0.717, 1.165) is 23.5 Å². The number of amides is 1. The van der Waals surface area contributed by atoms with Gasteiger partial charge in [0.2, 0.25) is 0 Å². The third-order valence-corrected chi connectivity index (χ3v) is 5.14. The van der Waals surface area contributed by atoms with Gasteiger partial charge in [0.1, 0.15) is 11.7 Å². The van der Waals surface area contributed by atoms with Gasteiger partial charge in [-0.05, 0) is 43.5 Å². The Bertz CT molecular complexity index is 790. The molecule has 1 aliphatic heterocycles. The van der Waals surface area contributed by atoms with Crippen LogP contribution in [0.4, 0.5) is 4.39 Å². The van der Waals surface area contributed by atoms with Crippen molar-refractivity contribution >= 4 is 23.2 Å². The van der Waals surface area contributed by atoms with Crippen molar-refractivity contribution < 1.29 is 19.1 Å². The summed E-state index contributed by atoms with van der Waals surface area (Å²) in [6.45, 7) is 1.69. The maximum absolute atomic E-state index is 13.0. The molecule has 3 rings (SSSR count). The molecule has 0 aliphatic carbocycles. The van der Waals surface area contributed by atoms with Gasteiger partial charge in [-0.15, -0.1) is 11.3 Å². The number of nitrogens with zero attached hydrogens (tertiary/aromatic N) is 2. The van der Waals surface area contributed by atoms with E-state index in [4.69, 9.17) is 5.11 Å². The third kappa shape index (κ3) is 3.17. The molecular formula is C17H17FN2O3S. The molecule has 1 fully saturated rings. The number of benzene rings is 1. The fourth-order valence-electron chi connectivity index (χ4n) is 2.97. The number of alkyl halides is 1. The summed E-state index contributed by atoms with van der Waals surface area (Å²) in [6.07, 6.45) is 1.69. The second-order valence-corrected chi connectivity index (χ2v) is 6.73. The molecule has 1 saturated heterocycles. The molecule has 1 unspecified atom stereocenters. The summed E-state index contributed by atoms with van der Waals surface area (Å²) in [6, 6.07) is 3.90. The van der Waals surface area contributed by atoms with E-state index in [1.54, 1.807) is 4.90 Å². The number of hydrogen-bond donors (Lipinski definition) is 1. The number of aryl methyl sites for hydroxylation is 1. The van der Waals surface area contributed by atoms with Gasteiger partial charge >= 0.3 is 5.97 Å². The molecule has 1 atom stereocenters. The molecule has 1 amide bonds. The van der Waals surface area contributed by atoms with Crippen LogP contribution in [-0.2, 0) is 6.67 Å². The monoisotopic (exact) mass is 348 g/mol. The molecule has 1 N–H and O–H groups in total. The zero-order valence-corrected chi connectivity index (χ0v) is 14.0. The molecule has 1 aromatic heterocycles. The minimum absolute atomic E-state index is 0.0747. The largest absolute Gasteiger partial charge is 0.478 e. The Morgan fingerprint density at radius 3 is 2.75 bits per heavy atom. The number of aromatic nitrogens is 1. The summed E-state index contributed by atoms with van der Waals surface area (Å²) in [5.41, 5.74) is 1.25. The van der Waals surface area contributed by atoms with Crippen LogP contribution in [0, 0.1) is 6.92 Å². The van der Waals surface area contributed by atoms with Crippen LogP contribution in [0.3, 0.4) is 0 Å². The summed E-state index contributed by atoms with van der Waals surface area (Å²) in [4.78, 5) is 30.2. The van der Waals surface area contributed by atoms with Crippen molar-refractivity contribution in [2.24, 2.45) is 0 Å². The van der Waals surface area contributed by atoms with E-state index >= 15 is 0 Å². The van der Waals surface area contributed by atoms with Crippen LogP contribution < -0.4 is 0 Å². The average Bonchev–Trinajstić information content (AvgIpc) is 3.22. The zero-order chi connectivity index (χ0) is 17.3. The summed E-state index contributed by atoms with van der Waals surface area (Å²) >= 11 is 1.52. The molecule has 0 saturated carbocycles. The number of hydrogen-bond acceptors (Lipinski definition) is 4. The van der Waals surface area contributed by atoms with Gasteiger partial charge in [0.15, 0.2) is 0 Å². The fraction of sp³-hybridized carbons (Fsp3) is 0.353. The van der Waals surface area contributed by atoms with Crippen molar-refractivity contribution in [2.75, 3.05) is 6.54 Å². The van der Waals surface area contributed by atoms with Gasteiger partial charge in [-0.2, -0.15) is 0 Å². The Kier molecular flexibility index (Phi) is 4.62. The first kappa shape index (κ1) is 16.6. The maximum atomic E-state index is 13.0. The van der Waals surface area contributed by atoms with Crippen molar-refractivity contribution in [1.82, 2.24) is 9.88 Å². The van der Waals surface area contributed by atoms with Crippen LogP contribution in [0.2, 0.25) is 0 Å². The highest BCUT2D eigenvalue weighted by Gasteiger charge is 2.32. The Balaban J connectivity index is 1.93. The lowest BCUT2D eigenvalue weighted by Crippen LogP contribution is -2.30. The average molecular weight is 348 g/mol. The number of carboxylic acids is 1. The predicted molar refractivity (Wildman–Crippen MR) is 88.1 cm³/mol. The summed E-state index contributed by atoms with van der Waals surface area (Å²) in [7, 11) is 0. The highest BCUT2D eigenvalue weighted by atomic mass is 32.1. The van der Waals surface area contributed by atoms with Crippen LogP contribution in [-0.4, -0.2) is 33.4 Å². The standard InChI is InChI=1S/C17H17FN2O3S/c1-10-9-24-15(19-10)14-3-2-4-20(14)16(21)12-5-11(8-18)6-13(7-12)17(22)23/h5-7,9,14H,2-4,8H2,1H3,(H,22,23). The molecule has 2 heterocycles. The van der Waals surface area contributed by atoms with Crippen molar-refractivity contribution in [1.29, 1.82) is 0 Å². The molecule has 0 bridgehead atoms. The van der Waals surface area contributed by atoms with Gasteiger partial charge in [0.25, 0.3) is 5.91 Å². The number of halogens is 1. The molecule has 0 radical (unpaired) electrons. The topological polar surface area (TPSA) is 70.5 Å². The van der Waals surface area contributed by atoms with E-state index < -0.39 is 12.6 Å². The van der Waals surface area contributed by atoms with Crippen LogP contribution in [0.15, 0.2) is 23.6 Å². The molecule has 5 nitrogen and oxygen atoms in total. The molecule has 126 valence electrons. The predicted octanol–water partition coefficient (Wildman–Crippen LogP) is 3.60. The number of thiazole rings is 1. The minimum atomic E-state index is -1.17. The van der Waals surface area contributed by atoms with Crippen LogP contribution in [0.1, 0.15) is 55.9 Å². The van der Waals surface area contributed by atoms with Crippen LogP contribution >= 0.6 is 11.3 Å². The Labute approximate surface area is 142 Å². The van der Waals surface area contributed by atoms with E-state index in [2.05, 4.69) is 4.98 Å². The second kappa shape index (κ2) is 6.68. The van der Waals surface area contributed by atoms with Crippen molar-refractivity contribution in [3.63, 3.8) is 0 Å².